The van der Waals surface area contributed by atoms with Crippen molar-refractivity contribution in [1.82, 2.24) is 15.1 Å². The standard InChI is InChI=1S/C13H24N4/c1-10(2)17-8-6-13(15-17)16-7-5-12(14-4)9-11(16)3/h6,8,10-12,14H,5,7,9H2,1-4H3. The number of rotatable bonds is 3. The van der Waals surface area contributed by atoms with Gasteiger partial charge in [-0.3, -0.25) is 4.68 Å². The van der Waals surface area contributed by atoms with Gasteiger partial charge in [0.15, 0.2) is 5.82 Å². The van der Waals surface area contributed by atoms with Crippen LogP contribution in [0.5, 0.6) is 0 Å². The molecule has 2 heterocycles. The maximum absolute atomic E-state index is 4.66. The van der Waals surface area contributed by atoms with E-state index in [1.54, 1.807) is 0 Å². The van der Waals surface area contributed by atoms with E-state index in [9.17, 15) is 0 Å². The van der Waals surface area contributed by atoms with E-state index in [1.807, 2.05) is 4.68 Å². The Morgan fingerprint density at radius 1 is 1.47 bits per heavy atom. The van der Waals surface area contributed by atoms with E-state index in [0.29, 0.717) is 18.1 Å². The van der Waals surface area contributed by atoms with Crippen LogP contribution in [0.3, 0.4) is 0 Å². The molecule has 0 aromatic carbocycles. The van der Waals surface area contributed by atoms with Gasteiger partial charge in [0, 0.05) is 36.9 Å². The molecule has 0 saturated carbocycles. The van der Waals surface area contributed by atoms with Gasteiger partial charge in [-0.2, -0.15) is 5.10 Å². The van der Waals surface area contributed by atoms with E-state index < -0.39 is 0 Å². The maximum atomic E-state index is 4.66. The van der Waals surface area contributed by atoms with Crippen LogP contribution in [-0.2, 0) is 0 Å². The molecule has 0 aliphatic carbocycles. The predicted molar refractivity (Wildman–Crippen MR) is 71.5 cm³/mol. The first-order valence-electron chi connectivity index (χ1n) is 6.61. The number of nitrogens with one attached hydrogen (secondary N) is 1. The third kappa shape index (κ3) is 2.63. The van der Waals surface area contributed by atoms with E-state index >= 15 is 0 Å². The van der Waals surface area contributed by atoms with Crippen LogP contribution in [0, 0.1) is 0 Å². The summed E-state index contributed by atoms with van der Waals surface area (Å²) in [4.78, 5) is 2.42. The van der Waals surface area contributed by atoms with Crippen molar-refractivity contribution in [3.8, 4) is 0 Å². The lowest BCUT2D eigenvalue weighted by Gasteiger charge is -2.37. The van der Waals surface area contributed by atoms with Crippen molar-refractivity contribution in [3.05, 3.63) is 12.3 Å². The Balaban J connectivity index is 2.06. The first-order valence-corrected chi connectivity index (χ1v) is 6.61. The van der Waals surface area contributed by atoms with E-state index in [1.165, 1.54) is 12.8 Å². The molecule has 4 heteroatoms. The molecule has 0 radical (unpaired) electrons. The minimum Gasteiger partial charge on any atom is -0.352 e. The molecule has 1 aromatic heterocycles. The lowest BCUT2D eigenvalue weighted by Crippen LogP contribution is -2.46. The van der Waals surface area contributed by atoms with Crippen molar-refractivity contribution in [2.75, 3.05) is 18.5 Å². The van der Waals surface area contributed by atoms with Crippen molar-refractivity contribution in [3.63, 3.8) is 0 Å². The molecule has 2 atom stereocenters. The normalized spacial score (nSPS) is 25.6. The third-order valence-electron chi connectivity index (χ3n) is 3.70. The van der Waals surface area contributed by atoms with Crippen molar-refractivity contribution in [1.29, 1.82) is 0 Å². The predicted octanol–water partition coefficient (Wildman–Crippen LogP) is 2.04. The summed E-state index contributed by atoms with van der Waals surface area (Å²) in [6.45, 7) is 7.71. The zero-order chi connectivity index (χ0) is 12.4. The Kier molecular flexibility index (Phi) is 3.72. The van der Waals surface area contributed by atoms with Gasteiger partial charge in [0.1, 0.15) is 0 Å². The largest absolute Gasteiger partial charge is 0.352 e. The summed E-state index contributed by atoms with van der Waals surface area (Å²) in [5, 5.41) is 8.03. The molecule has 0 bridgehead atoms. The SMILES string of the molecule is CNC1CCN(c2ccn(C(C)C)n2)C(C)C1. The molecule has 1 fully saturated rings. The first-order chi connectivity index (χ1) is 8.11. The van der Waals surface area contributed by atoms with Gasteiger partial charge in [-0.1, -0.05) is 0 Å². The van der Waals surface area contributed by atoms with Crippen LogP contribution in [0.15, 0.2) is 12.3 Å². The van der Waals surface area contributed by atoms with Crippen LogP contribution in [-0.4, -0.2) is 35.5 Å². The van der Waals surface area contributed by atoms with Crippen LogP contribution in [0.4, 0.5) is 5.82 Å². The molecule has 1 aromatic rings. The third-order valence-corrected chi connectivity index (χ3v) is 3.70. The summed E-state index contributed by atoms with van der Waals surface area (Å²) < 4.78 is 2.03. The highest BCUT2D eigenvalue weighted by atomic mass is 15.4. The summed E-state index contributed by atoms with van der Waals surface area (Å²) >= 11 is 0. The number of piperidine rings is 1. The minimum atomic E-state index is 0.439. The first kappa shape index (κ1) is 12.4. The van der Waals surface area contributed by atoms with E-state index in [-0.39, 0.29) is 0 Å². The summed E-state index contributed by atoms with van der Waals surface area (Å²) in [5.41, 5.74) is 0. The van der Waals surface area contributed by atoms with Crippen LogP contribution in [0.1, 0.15) is 39.7 Å². The van der Waals surface area contributed by atoms with Gasteiger partial charge in [0.2, 0.25) is 0 Å². The number of aromatic nitrogens is 2. The minimum absolute atomic E-state index is 0.439. The molecule has 1 N–H and O–H groups in total. The van der Waals surface area contributed by atoms with Gasteiger partial charge in [-0.05, 0) is 40.7 Å². The average Bonchev–Trinajstić information content (AvgIpc) is 2.78. The topological polar surface area (TPSA) is 33.1 Å². The molecular weight excluding hydrogens is 212 g/mol. The second-order valence-electron chi connectivity index (χ2n) is 5.30. The molecule has 4 nitrogen and oxygen atoms in total. The average molecular weight is 236 g/mol. The lowest BCUT2D eigenvalue weighted by molar-refractivity contribution is 0.383. The molecule has 96 valence electrons. The van der Waals surface area contributed by atoms with Gasteiger partial charge < -0.3 is 10.2 Å². The summed E-state index contributed by atoms with van der Waals surface area (Å²) in [6.07, 6.45) is 4.48. The highest BCUT2D eigenvalue weighted by Gasteiger charge is 2.25. The maximum Gasteiger partial charge on any atom is 0.150 e. The Hall–Kier alpha value is -1.03. The second-order valence-corrected chi connectivity index (χ2v) is 5.30. The Morgan fingerprint density at radius 2 is 2.24 bits per heavy atom. The van der Waals surface area contributed by atoms with E-state index in [4.69, 9.17) is 0 Å². The van der Waals surface area contributed by atoms with Gasteiger partial charge in [0.05, 0.1) is 0 Å². The van der Waals surface area contributed by atoms with Gasteiger partial charge >= 0.3 is 0 Å². The number of nitrogens with zero attached hydrogens (tertiary/aromatic N) is 3. The second kappa shape index (κ2) is 5.08. The smallest absolute Gasteiger partial charge is 0.150 e. The van der Waals surface area contributed by atoms with Crippen molar-refractivity contribution in [2.45, 2.75) is 51.7 Å². The Morgan fingerprint density at radius 3 is 2.76 bits per heavy atom. The fourth-order valence-electron chi connectivity index (χ4n) is 2.54. The van der Waals surface area contributed by atoms with E-state index in [0.717, 1.165) is 12.4 Å². The molecule has 1 saturated heterocycles. The molecule has 1 aliphatic rings. The van der Waals surface area contributed by atoms with Crippen molar-refractivity contribution >= 4 is 5.82 Å². The van der Waals surface area contributed by atoms with Crippen molar-refractivity contribution < 1.29 is 0 Å². The van der Waals surface area contributed by atoms with Crippen LogP contribution in [0.2, 0.25) is 0 Å². The zero-order valence-corrected chi connectivity index (χ0v) is 11.3. The number of hydrogen-bond donors (Lipinski definition) is 1. The number of anilines is 1. The summed E-state index contributed by atoms with van der Waals surface area (Å²) in [5.74, 6) is 1.13. The quantitative estimate of drug-likeness (QED) is 0.872. The highest BCUT2D eigenvalue weighted by Crippen LogP contribution is 2.23. The molecular formula is C13H24N4. The lowest BCUT2D eigenvalue weighted by atomic mass is 9.98. The van der Waals surface area contributed by atoms with Gasteiger partial charge in [0.25, 0.3) is 0 Å². The van der Waals surface area contributed by atoms with Gasteiger partial charge in [-0.25, -0.2) is 0 Å². The van der Waals surface area contributed by atoms with Crippen LogP contribution >= 0.6 is 0 Å². The van der Waals surface area contributed by atoms with E-state index in [2.05, 4.69) is 55.4 Å². The highest BCUT2D eigenvalue weighted by molar-refractivity contribution is 5.39. The van der Waals surface area contributed by atoms with Crippen LogP contribution < -0.4 is 10.2 Å². The summed E-state index contributed by atoms with van der Waals surface area (Å²) in [7, 11) is 2.06. The summed E-state index contributed by atoms with van der Waals surface area (Å²) in [6, 6.07) is 3.80. The molecule has 2 rings (SSSR count). The number of hydrogen-bond acceptors (Lipinski definition) is 3. The van der Waals surface area contributed by atoms with Crippen molar-refractivity contribution in [2.24, 2.45) is 0 Å². The molecule has 0 spiro atoms. The molecule has 17 heavy (non-hydrogen) atoms. The van der Waals surface area contributed by atoms with Crippen LogP contribution in [0.25, 0.3) is 0 Å². The fraction of sp³-hybridized carbons (Fsp3) is 0.769. The zero-order valence-electron chi connectivity index (χ0n) is 11.3. The molecule has 0 amide bonds. The fourth-order valence-corrected chi connectivity index (χ4v) is 2.54. The monoisotopic (exact) mass is 236 g/mol. The molecule has 2 unspecified atom stereocenters. The molecule has 1 aliphatic heterocycles. The Bertz CT molecular complexity index is 358. The Labute approximate surface area is 104 Å². The van der Waals surface area contributed by atoms with Gasteiger partial charge in [-0.15, -0.1) is 0 Å².